The minimum atomic E-state index is 0.175. The molecule has 0 aliphatic rings. The van der Waals surface area contributed by atoms with Crippen molar-refractivity contribution in [1.82, 2.24) is 19.9 Å². The summed E-state index contributed by atoms with van der Waals surface area (Å²) in [6, 6.07) is 0. The van der Waals surface area contributed by atoms with Crippen LogP contribution in [0.25, 0.3) is 11.2 Å². The highest BCUT2D eigenvalue weighted by molar-refractivity contribution is 6.28. The molecule has 2 heterocycles. The van der Waals surface area contributed by atoms with Gasteiger partial charge in [-0.05, 0) is 11.6 Å². The van der Waals surface area contributed by atoms with Gasteiger partial charge in [-0.15, -0.1) is 0 Å². The van der Waals surface area contributed by atoms with Gasteiger partial charge in [0.05, 0.1) is 19.5 Å². The summed E-state index contributed by atoms with van der Waals surface area (Å²) < 4.78 is 10.2. The van der Waals surface area contributed by atoms with Crippen molar-refractivity contribution in [3.8, 4) is 0 Å². The summed E-state index contributed by atoms with van der Waals surface area (Å²) in [4.78, 5) is 17.5. The number of nitrogens with zero attached hydrogens (tertiary/aromatic N) is 4. The Morgan fingerprint density at radius 1 is 1.21 bits per heavy atom. The number of fused-ring (bicyclic) bond motifs is 1. The van der Waals surface area contributed by atoms with Crippen LogP contribution in [-0.4, -0.2) is 60.5 Å². The van der Waals surface area contributed by atoms with Gasteiger partial charge in [-0.2, -0.15) is 9.97 Å². The Morgan fingerprint density at radius 3 is 2.53 bits per heavy atom. The highest BCUT2D eigenvalue weighted by Gasteiger charge is 2.15. The summed E-state index contributed by atoms with van der Waals surface area (Å²) in [5, 5.41) is 0.175. The Hall–Kier alpha value is -1.44. The molecule has 0 saturated heterocycles. The molecule has 0 aromatic carbocycles. The van der Waals surface area contributed by atoms with E-state index in [-0.39, 0.29) is 5.28 Å². The van der Waals surface area contributed by atoms with E-state index < -0.39 is 0 Å². The van der Waals surface area contributed by atoms with Gasteiger partial charge in [0.15, 0.2) is 11.5 Å². The maximum atomic E-state index is 5.93. The molecule has 0 fully saturated rings. The summed E-state index contributed by atoms with van der Waals surface area (Å²) in [6.45, 7) is 2.53. The van der Waals surface area contributed by atoms with Gasteiger partial charge in [0.1, 0.15) is 5.52 Å². The Bertz CT molecular complexity index is 525. The summed E-state index contributed by atoms with van der Waals surface area (Å²) in [5.74, 6) is 0.710. The van der Waals surface area contributed by atoms with Gasteiger partial charge >= 0.3 is 0 Å². The first-order valence-electron chi connectivity index (χ1n) is 5.85. The Balaban J connectivity index is 2.33. The molecule has 0 aliphatic heterocycles. The van der Waals surface area contributed by atoms with Crippen LogP contribution in [0.5, 0.6) is 0 Å². The average Bonchev–Trinajstić information content (AvgIpc) is 2.86. The molecular formula is C11H16ClN5O2. The normalized spacial score (nSPS) is 11.1. The van der Waals surface area contributed by atoms with Crippen molar-refractivity contribution in [2.24, 2.45) is 0 Å². The van der Waals surface area contributed by atoms with Gasteiger partial charge in [-0.3, -0.25) is 0 Å². The summed E-state index contributed by atoms with van der Waals surface area (Å²) in [5.41, 5.74) is 1.31. The van der Waals surface area contributed by atoms with E-state index >= 15 is 0 Å². The van der Waals surface area contributed by atoms with Gasteiger partial charge < -0.3 is 19.4 Å². The molecule has 0 amide bonds. The van der Waals surface area contributed by atoms with E-state index in [1.807, 2.05) is 4.90 Å². The molecule has 2 aromatic rings. The number of H-pyrrole nitrogens is 1. The standard InChI is InChI=1S/C11H16ClN5O2/c1-18-5-3-17(4-6-19-2)10-8-9(14-7-13-8)15-11(12)16-10/h7H,3-6H2,1-2H3,(H,13,14,15,16). The predicted molar refractivity (Wildman–Crippen MR) is 72.7 cm³/mol. The fourth-order valence-electron chi connectivity index (χ4n) is 1.75. The van der Waals surface area contributed by atoms with Crippen LogP contribution in [0.3, 0.4) is 0 Å². The van der Waals surface area contributed by atoms with E-state index in [1.54, 1.807) is 20.5 Å². The highest BCUT2D eigenvalue weighted by atomic mass is 35.5. The van der Waals surface area contributed by atoms with Crippen LogP contribution in [-0.2, 0) is 9.47 Å². The average molecular weight is 286 g/mol. The molecule has 0 unspecified atom stereocenters. The van der Waals surface area contributed by atoms with Crippen molar-refractivity contribution in [3.63, 3.8) is 0 Å². The molecule has 0 radical (unpaired) electrons. The Labute approximate surface area is 115 Å². The van der Waals surface area contributed by atoms with Crippen LogP contribution in [0.15, 0.2) is 6.33 Å². The quantitative estimate of drug-likeness (QED) is 0.768. The third-order valence-electron chi connectivity index (χ3n) is 2.67. The lowest BCUT2D eigenvalue weighted by molar-refractivity contribution is 0.190. The van der Waals surface area contributed by atoms with Crippen molar-refractivity contribution in [2.75, 3.05) is 45.4 Å². The number of aromatic nitrogens is 4. The lowest BCUT2D eigenvalue weighted by Crippen LogP contribution is -2.31. The molecule has 0 saturated carbocycles. The number of aromatic amines is 1. The molecule has 0 spiro atoms. The molecule has 7 nitrogen and oxygen atoms in total. The minimum Gasteiger partial charge on any atom is -0.383 e. The second-order valence-corrected chi connectivity index (χ2v) is 4.23. The molecule has 1 N–H and O–H groups in total. The molecule has 0 aliphatic carbocycles. The first-order valence-corrected chi connectivity index (χ1v) is 6.23. The van der Waals surface area contributed by atoms with E-state index in [1.165, 1.54) is 0 Å². The summed E-state index contributed by atoms with van der Waals surface area (Å²) in [6.07, 6.45) is 1.57. The zero-order valence-corrected chi connectivity index (χ0v) is 11.6. The van der Waals surface area contributed by atoms with Crippen LogP contribution >= 0.6 is 11.6 Å². The molecule has 104 valence electrons. The van der Waals surface area contributed by atoms with Crippen LogP contribution in [0.4, 0.5) is 5.82 Å². The van der Waals surface area contributed by atoms with Crippen molar-refractivity contribution >= 4 is 28.6 Å². The Kier molecular flexibility index (Phi) is 4.89. The molecule has 8 heteroatoms. The van der Waals surface area contributed by atoms with Crippen molar-refractivity contribution in [2.45, 2.75) is 0 Å². The molecular weight excluding hydrogens is 270 g/mol. The lowest BCUT2D eigenvalue weighted by Gasteiger charge is -2.23. The number of rotatable bonds is 7. The highest BCUT2D eigenvalue weighted by Crippen LogP contribution is 2.22. The number of imidazole rings is 1. The topological polar surface area (TPSA) is 76.2 Å². The smallest absolute Gasteiger partial charge is 0.226 e. The second-order valence-electron chi connectivity index (χ2n) is 3.89. The minimum absolute atomic E-state index is 0.175. The number of anilines is 1. The molecule has 0 bridgehead atoms. The monoisotopic (exact) mass is 285 g/mol. The number of nitrogens with one attached hydrogen (secondary N) is 1. The SMILES string of the molecule is COCCN(CCOC)c1nc(Cl)nc2nc[nH]c12. The molecule has 2 aromatic heterocycles. The number of hydrogen-bond acceptors (Lipinski definition) is 6. The second kappa shape index (κ2) is 6.65. The van der Waals surface area contributed by atoms with Gasteiger partial charge in [0.25, 0.3) is 0 Å². The Morgan fingerprint density at radius 2 is 1.89 bits per heavy atom. The number of ether oxygens (including phenoxy) is 2. The largest absolute Gasteiger partial charge is 0.383 e. The van der Waals surface area contributed by atoms with Crippen molar-refractivity contribution in [3.05, 3.63) is 11.6 Å². The zero-order chi connectivity index (χ0) is 13.7. The predicted octanol–water partition coefficient (Wildman–Crippen LogP) is 1.11. The van der Waals surface area contributed by atoms with E-state index in [0.717, 1.165) is 5.52 Å². The van der Waals surface area contributed by atoms with Gasteiger partial charge in [-0.1, -0.05) is 0 Å². The van der Waals surface area contributed by atoms with E-state index in [9.17, 15) is 0 Å². The van der Waals surface area contributed by atoms with Crippen LogP contribution in [0.1, 0.15) is 0 Å². The van der Waals surface area contributed by atoms with E-state index in [0.29, 0.717) is 37.8 Å². The number of hydrogen-bond donors (Lipinski definition) is 1. The van der Waals surface area contributed by atoms with Gasteiger partial charge in [0, 0.05) is 27.3 Å². The van der Waals surface area contributed by atoms with Gasteiger partial charge in [0.2, 0.25) is 5.28 Å². The number of methoxy groups -OCH3 is 2. The number of halogens is 1. The molecule has 19 heavy (non-hydrogen) atoms. The summed E-state index contributed by atoms with van der Waals surface area (Å²) >= 11 is 5.93. The fourth-order valence-corrected chi connectivity index (χ4v) is 1.91. The maximum absolute atomic E-state index is 5.93. The first-order chi connectivity index (χ1) is 9.26. The van der Waals surface area contributed by atoms with Crippen LogP contribution in [0.2, 0.25) is 5.28 Å². The maximum Gasteiger partial charge on any atom is 0.226 e. The van der Waals surface area contributed by atoms with Crippen LogP contribution < -0.4 is 4.90 Å². The van der Waals surface area contributed by atoms with Crippen molar-refractivity contribution in [1.29, 1.82) is 0 Å². The zero-order valence-electron chi connectivity index (χ0n) is 10.9. The van der Waals surface area contributed by atoms with Gasteiger partial charge in [-0.25, -0.2) is 4.98 Å². The fraction of sp³-hybridized carbons (Fsp3) is 0.545. The first kappa shape index (κ1) is 14.0. The molecule has 0 atom stereocenters. The van der Waals surface area contributed by atoms with E-state index in [2.05, 4.69) is 19.9 Å². The van der Waals surface area contributed by atoms with Crippen LogP contribution in [0, 0.1) is 0 Å². The molecule has 2 rings (SSSR count). The van der Waals surface area contributed by atoms with Crippen molar-refractivity contribution < 1.29 is 9.47 Å². The third kappa shape index (κ3) is 3.31. The van der Waals surface area contributed by atoms with E-state index in [4.69, 9.17) is 21.1 Å². The third-order valence-corrected chi connectivity index (χ3v) is 2.84. The summed E-state index contributed by atoms with van der Waals surface area (Å²) in [7, 11) is 3.32. The lowest BCUT2D eigenvalue weighted by atomic mass is 10.4.